The van der Waals surface area contributed by atoms with Gasteiger partial charge in [0.15, 0.2) is 5.78 Å². The fraction of sp³-hybridized carbons (Fsp3) is 0.200. The predicted molar refractivity (Wildman–Crippen MR) is 53.0 cm³/mol. The first-order chi connectivity index (χ1) is 6.24. The second kappa shape index (κ2) is 4.77. The second-order valence-corrected chi connectivity index (χ2v) is 3.01. The fourth-order valence-corrected chi connectivity index (χ4v) is 1.13. The molecule has 0 bridgehead atoms. The topological polar surface area (TPSA) is 30.0 Å². The highest BCUT2D eigenvalue weighted by Gasteiger charge is 2.04. The molecule has 1 aromatic heterocycles. The summed E-state index contributed by atoms with van der Waals surface area (Å²) in [6.45, 7) is 3.55. The Labute approximate surface area is 82.3 Å². The molecule has 0 aliphatic rings. The number of nitrogens with zero attached hydrogens (tertiary/aromatic N) is 1. The third-order valence-electron chi connectivity index (χ3n) is 1.62. The van der Waals surface area contributed by atoms with Crippen LogP contribution in [0, 0.1) is 0 Å². The van der Waals surface area contributed by atoms with Gasteiger partial charge in [-0.3, -0.25) is 4.79 Å². The number of aromatic nitrogens is 1. The summed E-state index contributed by atoms with van der Waals surface area (Å²) in [7, 11) is 0. The predicted octanol–water partition coefficient (Wildman–Crippen LogP) is 2.88. The minimum atomic E-state index is 0.0733. The van der Waals surface area contributed by atoms with Gasteiger partial charge in [0.05, 0.1) is 0 Å². The molecule has 0 fully saturated rings. The molecule has 1 aromatic rings. The van der Waals surface area contributed by atoms with Gasteiger partial charge in [0, 0.05) is 18.2 Å². The number of rotatable bonds is 4. The van der Waals surface area contributed by atoms with E-state index >= 15 is 0 Å². The normalized spacial score (nSPS) is 9.62. The molecular formula is C10H10ClNO. The van der Waals surface area contributed by atoms with E-state index in [1.165, 1.54) is 6.20 Å². The van der Waals surface area contributed by atoms with Crippen LogP contribution < -0.4 is 0 Å². The number of ketones is 1. The number of pyridine rings is 1. The Morgan fingerprint density at radius 1 is 1.69 bits per heavy atom. The lowest BCUT2D eigenvalue weighted by molar-refractivity contribution is 0.0983. The zero-order chi connectivity index (χ0) is 9.68. The van der Waals surface area contributed by atoms with Gasteiger partial charge in [-0.25, -0.2) is 4.98 Å². The quantitative estimate of drug-likeness (QED) is 0.420. The Hall–Kier alpha value is -1.15. The number of carbonyl (C=O) groups is 1. The average Bonchev–Trinajstić information content (AvgIpc) is 2.14. The van der Waals surface area contributed by atoms with Crippen molar-refractivity contribution in [3.05, 3.63) is 41.7 Å². The van der Waals surface area contributed by atoms with E-state index in [9.17, 15) is 4.79 Å². The Morgan fingerprint density at radius 2 is 2.46 bits per heavy atom. The highest BCUT2D eigenvalue weighted by molar-refractivity contribution is 6.29. The van der Waals surface area contributed by atoms with Gasteiger partial charge in [-0.2, -0.15) is 0 Å². The Morgan fingerprint density at radius 3 is 3.08 bits per heavy atom. The van der Waals surface area contributed by atoms with E-state index in [4.69, 9.17) is 11.6 Å². The molecule has 3 heteroatoms. The van der Waals surface area contributed by atoms with Gasteiger partial charge in [0.2, 0.25) is 0 Å². The molecule has 13 heavy (non-hydrogen) atoms. The van der Waals surface area contributed by atoms with Gasteiger partial charge in [-0.05, 0) is 18.6 Å². The van der Waals surface area contributed by atoms with Crippen LogP contribution >= 0.6 is 11.6 Å². The molecule has 68 valence electrons. The molecule has 0 unspecified atom stereocenters. The van der Waals surface area contributed by atoms with E-state index < -0.39 is 0 Å². The lowest BCUT2D eigenvalue weighted by Crippen LogP contribution is -1.98. The molecule has 0 aromatic carbocycles. The first-order valence-corrected chi connectivity index (χ1v) is 4.37. The number of Topliss-reactive ketones (excluding diaryl/α,β-unsaturated/α-hetero) is 1. The fourth-order valence-electron chi connectivity index (χ4n) is 0.953. The number of halogens is 1. The van der Waals surface area contributed by atoms with Crippen LogP contribution in [0.1, 0.15) is 23.2 Å². The Bertz CT molecular complexity index is 322. The zero-order valence-corrected chi connectivity index (χ0v) is 7.92. The SMILES string of the molecule is C=CCCC(=O)c1ccnc(Cl)c1. The molecule has 0 aliphatic heterocycles. The maximum atomic E-state index is 11.4. The van der Waals surface area contributed by atoms with Gasteiger partial charge in [0.25, 0.3) is 0 Å². The molecule has 0 amide bonds. The van der Waals surface area contributed by atoms with E-state index in [0.29, 0.717) is 23.6 Å². The minimum Gasteiger partial charge on any atom is -0.294 e. The summed E-state index contributed by atoms with van der Waals surface area (Å²) >= 11 is 5.64. The van der Waals surface area contributed by atoms with E-state index in [0.717, 1.165) is 0 Å². The number of hydrogen-bond donors (Lipinski definition) is 0. The standard InChI is InChI=1S/C10H10ClNO/c1-2-3-4-9(13)8-5-6-12-10(11)7-8/h2,5-7H,1,3-4H2. The van der Waals surface area contributed by atoms with Crippen molar-refractivity contribution in [1.29, 1.82) is 0 Å². The van der Waals surface area contributed by atoms with Crippen LogP contribution in [0.3, 0.4) is 0 Å². The summed E-state index contributed by atoms with van der Waals surface area (Å²) in [5, 5.41) is 0.351. The second-order valence-electron chi connectivity index (χ2n) is 2.62. The summed E-state index contributed by atoms with van der Waals surface area (Å²) in [5.41, 5.74) is 0.613. The van der Waals surface area contributed by atoms with Crippen molar-refractivity contribution in [3.8, 4) is 0 Å². The summed E-state index contributed by atoms with van der Waals surface area (Å²) in [6, 6.07) is 3.24. The number of hydrogen-bond acceptors (Lipinski definition) is 2. The van der Waals surface area contributed by atoms with E-state index in [1.54, 1.807) is 18.2 Å². The molecule has 2 nitrogen and oxygen atoms in total. The third-order valence-corrected chi connectivity index (χ3v) is 1.83. The van der Waals surface area contributed by atoms with Crippen molar-refractivity contribution in [3.63, 3.8) is 0 Å². The van der Waals surface area contributed by atoms with Crippen molar-refractivity contribution in [1.82, 2.24) is 4.98 Å². The average molecular weight is 196 g/mol. The van der Waals surface area contributed by atoms with Crippen LogP contribution in [0.2, 0.25) is 5.15 Å². The van der Waals surface area contributed by atoms with Crippen molar-refractivity contribution in [2.45, 2.75) is 12.8 Å². The van der Waals surface area contributed by atoms with E-state index in [-0.39, 0.29) is 5.78 Å². The lowest BCUT2D eigenvalue weighted by Gasteiger charge is -1.98. The van der Waals surface area contributed by atoms with Crippen LogP contribution in [0.4, 0.5) is 0 Å². The van der Waals surface area contributed by atoms with Crippen molar-refractivity contribution in [2.24, 2.45) is 0 Å². The van der Waals surface area contributed by atoms with Crippen LogP contribution in [-0.2, 0) is 0 Å². The molecule has 0 saturated heterocycles. The maximum absolute atomic E-state index is 11.4. The van der Waals surface area contributed by atoms with Crippen molar-refractivity contribution >= 4 is 17.4 Å². The first kappa shape index (κ1) is 9.93. The molecule has 0 N–H and O–H groups in total. The summed E-state index contributed by atoms with van der Waals surface area (Å²) < 4.78 is 0. The van der Waals surface area contributed by atoms with Gasteiger partial charge in [-0.15, -0.1) is 6.58 Å². The van der Waals surface area contributed by atoms with Gasteiger partial charge in [0.1, 0.15) is 5.15 Å². The molecule has 1 heterocycles. The highest BCUT2D eigenvalue weighted by Crippen LogP contribution is 2.10. The zero-order valence-electron chi connectivity index (χ0n) is 7.16. The van der Waals surface area contributed by atoms with Crippen LogP contribution in [-0.4, -0.2) is 10.8 Å². The van der Waals surface area contributed by atoms with Crippen LogP contribution in [0.15, 0.2) is 31.0 Å². The van der Waals surface area contributed by atoms with Crippen LogP contribution in [0.25, 0.3) is 0 Å². The number of allylic oxidation sites excluding steroid dienone is 1. The van der Waals surface area contributed by atoms with Gasteiger partial charge in [-0.1, -0.05) is 17.7 Å². The molecule has 0 radical (unpaired) electrons. The third kappa shape index (κ3) is 2.99. The van der Waals surface area contributed by atoms with Gasteiger partial charge >= 0.3 is 0 Å². The molecule has 0 aliphatic carbocycles. The highest BCUT2D eigenvalue weighted by atomic mass is 35.5. The van der Waals surface area contributed by atoms with Crippen LogP contribution in [0.5, 0.6) is 0 Å². The Balaban J connectivity index is 2.71. The smallest absolute Gasteiger partial charge is 0.163 e. The minimum absolute atomic E-state index is 0.0733. The Kier molecular flexibility index (Phi) is 3.65. The summed E-state index contributed by atoms with van der Waals surface area (Å²) in [6.07, 6.45) is 4.42. The molecular weight excluding hydrogens is 186 g/mol. The maximum Gasteiger partial charge on any atom is 0.163 e. The molecule has 1 rings (SSSR count). The lowest BCUT2D eigenvalue weighted by atomic mass is 10.1. The largest absolute Gasteiger partial charge is 0.294 e. The first-order valence-electron chi connectivity index (χ1n) is 3.99. The molecule has 0 spiro atoms. The van der Waals surface area contributed by atoms with Crippen molar-refractivity contribution in [2.75, 3.05) is 0 Å². The van der Waals surface area contributed by atoms with E-state index in [1.807, 2.05) is 0 Å². The van der Waals surface area contributed by atoms with Gasteiger partial charge < -0.3 is 0 Å². The molecule has 0 saturated carbocycles. The molecule has 0 atom stereocenters. The monoisotopic (exact) mass is 195 g/mol. The number of carbonyl (C=O) groups excluding carboxylic acids is 1. The summed E-state index contributed by atoms with van der Waals surface area (Å²) in [5.74, 6) is 0.0733. The summed E-state index contributed by atoms with van der Waals surface area (Å²) in [4.78, 5) is 15.2. The van der Waals surface area contributed by atoms with Crippen molar-refractivity contribution < 1.29 is 4.79 Å². The van der Waals surface area contributed by atoms with E-state index in [2.05, 4.69) is 11.6 Å².